The lowest BCUT2D eigenvalue weighted by molar-refractivity contribution is -0.240. The first-order valence-electron chi connectivity index (χ1n) is 17.3. The monoisotopic (exact) mass is 687 g/mol. The standard InChI is InChI=1S/C36H50ClN3O6S/c1-24-7-6-9-32(36-45-21-30(22-46-36)39(2)3)31-14-11-27(31)19-40-16-5-4-8-25-17-29(37)13-10-28(25)20-44-34-15-12-26(18-33(34)40)35(41)38-47(42,43)23-24/h10,12-13,15,17-18,24,27,30-32,36H,4-9,11,14,16,19-23H2,1-3H3,(H,38,41)/t24-,27-,30-,31+,32-,36-/m0/s1. The summed E-state index contributed by atoms with van der Waals surface area (Å²) in [4.78, 5) is 17.9. The first-order chi connectivity index (χ1) is 22.6. The summed E-state index contributed by atoms with van der Waals surface area (Å²) >= 11 is 6.36. The largest absolute Gasteiger partial charge is 0.487 e. The van der Waals surface area contributed by atoms with Gasteiger partial charge >= 0.3 is 0 Å². The summed E-state index contributed by atoms with van der Waals surface area (Å²) in [6, 6.07) is 11.5. The molecule has 11 heteroatoms. The molecule has 258 valence electrons. The van der Waals surface area contributed by atoms with Crippen LogP contribution in [0.15, 0.2) is 36.4 Å². The maximum Gasteiger partial charge on any atom is 0.264 e. The summed E-state index contributed by atoms with van der Waals surface area (Å²) in [5.74, 6) is 0.998. The zero-order valence-electron chi connectivity index (χ0n) is 28.0. The van der Waals surface area contributed by atoms with E-state index in [2.05, 4.69) is 28.6 Å². The lowest BCUT2D eigenvalue weighted by Crippen LogP contribution is -2.50. The van der Waals surface area contributed by atoms with Crippen LogP contribution >= 0.6 is 11.6 Å². The Bertz CT molecular complexity index is 1510. The third-order valence-corrected chi connectivity index (χ3v) is 12.4. The van der Waals surface area contributed by atoms with Gasteiger partial charge < -0.3 is 24.0 Å². The molecule has 0 aromatic heterocycles. The highest BCUT2D eigenvalue weighted by Crippen LogP contribution is 2.46. The zero-order valence-corrected chi connectivity index (χ0v) is 29.5. The molecule has 2 aromatic rings. The fourth-order valence-electron chi connectivity index (χ4n) is 7.75. The number of rotatable bonds is 2. The highest BCUT2D eigenvalue weighted by molar-refractivity contribution is 7.90. The molecule has 6 rings (SSSR count). The van der Waals surface area contributed by atoms with Crippen molar-refractivity contribution < 1.29 is 27.4 Å². The van der Waals surface area contributed by atoms with Crippen LogP contribution in [0.3, 0.4) is 0 Å². The SMILES string of the molecule is C[C@H]1CCC[C@H]([C@H]2OC[C@H](N(C)C)CO2)[C@@H]2CC[C@H]2CN2CCCCc3cc(Cl)ccc3COc3ccc(cc32)C(=O)NS(=O)(=O)C1. The minimum atomic E-state index is -3.82. The van der Waals surface area contributed by atoms with Crippen molar-refractivity contribution in [1.29, 1.82) is 0 Å². The predicted molar refractivity (Wildman–Crippen MR) is 185 cm³/mol. The van der Waals surface area contributed by atoms with Gasteiger partial charge in [-0.2, -0.15) is 0 Å². The van der Waals surface area contributed by atoms with Gasteiger partial charge in [0.1, 0.15) is 12.4 Å². The van der Waals surface area contributed by atoms with Gasteiger partial charge in [0.15, 0.2) is 6.29 Å². The van der Waals surface area contributed by atoms with E-state index < -0.39 is 15.9 Å². The Balaban J connectivity index is 1.33. The number of amides is 1. The fraction of sp³-hybridized carbons (Fsp3) is 0.639. The van der Waals surface area contributed by atoms with Crippen molar-refractivity contribution >= 4 is 33.2 Å². The number of nitrogens with zero attached hydrogens (tertiary/aromatic N) is 2. The molecule has 47 heavy (non-hydrogen) atoms. The number of fused-ring (bicyclic) bond motifs is 3. The van der Waals surface area contributed by atoms with Crippen LogP contribution in [0.2, 0.25) is 5.02 Å². The first kappa shape index (κ1) is 34.5. The van der Waals surface area contributed by atoms with Crippen LogP contribution in [-0.4, -0.2) is 77.7 Å². The number of aryl methyl sites for hydroxylation is 1. The fourth-order valence-corrected chi connectivity index (χ4v) is 9.35. The normalized spacial score (nSPS) is 30.5. The molecule has 2 bridgehead atoms. The van der Waals surface area contributed by atoms with Crippen molar-refractivity contribution in [2.75, 3.05) is 51.1 Å². The lowest BCUT2D eigenvalue weighted by Gasteiger charge is -2.48. The summed E-state index contributed by atoms with van der Waals surface area (Å²) in [6.45, 7) is 5.24. The third-order valence-electron chi connectivity index (χ3n) is 10.7. The zero-order chi connectivity index (χ0) is 33.1. The number of anilines is 1. The average molecular weight is 688 g/mol. The Morgan fingerprint density at radius 3 is 2.49 bits per heavy atom. The Morgan fingerprint density at radius 2 is 1.74 bits per heavy atom. The Hall–Kier alpha value is -2.37. The summed E-state index contributed by atoms with van der Waals surface area (Å²) in [5.41, 5.74) is 3.43. The van der Waals surface area contributed by atoms with E-state index in [4.69, 9.17) is 25.8 Å². The molecule has 1 amide bonds. The quantitative estimate of drug-likeness (QED) is 0.418. The van der Waals surface area contributed by atoms with E-state index in [9.17, 15) is 13.2 Å². The minimum absolute atomic E-state index is 0.0913. The second-order valence-electron chi connectivity index (χ2n) is 14.4. The molecule has 9 nitrogen and oxygen atoms in total. The second kappa shape index (κ2) is 15.0. The second-order valence-corrected chi connectivity index (χ2v) is 16.6. The number of ether oxygens (including phenoxy) is 3. The number of carbonyl (C=O) groups excluding carboxylic acids is 1. The maximum atomic E-state index is 13.4. The third kappa shape index (κ3) is 8.44. The van der Waals surface area contributed by atoms with Crippen LogP contribution in [0.1, 0.15) is 73.4 Å². The van der Waals surface area contributed by atoms with E-state index in [0.717, 1.165) is 80.7 Å². The molecule has 4 aliphatic rings. The molecule has 3 aliphatic heterocycles. The molecule has 2 fully saturated rings. The van der Waals surface area contributed by atoms with Gasteiger partial charge in [0.25, 0.3) is 5.91 Å². The molecule has 1 aliphatic carbocycles. The highest BCUT2D eigenvalue weighted by Gasteiger charge is 2.43. The van der Waals surface area contributed by atoms with Crippen LogP contribution in [0, 0.1) is 23.7 Å². The molecule has 1 saturated heterocycles. The number of hydrogen-bond donors (Lipinski definition) is 1. The van der Waals surface area contributed by atoms with Crippen molar-refractivity contribution in [2.45, 2.75) is 77.2 Å². The van der Waals surface area contributed by atoms with Crippen molar-refractivity contribution in [3.63, 3.8) is 0 Å². The summed E-state index contributed by atoms with van der Waals surface area (Å²) in [7, 11) is 0.289. The minimum Gasteiger partial charge on any atom is -0.487 e. The lowest BCUT2D eigenvalue weighted by atomic mass is 9.65. The molecule has 2 aromatic carbocycles. The molecule has 4 atom stereocenters. The number of likely N-dealkylation sites (N-methyl/N-ethyl adjacent to an activating group) is 1. The van der Waals surface area contributed by atoms with E-state index in [1.807, 2.05) is 37.3 Å². The first-order valence-corrected chi connectivity index (χ1v) is 19.3. The summed E-state index contributed by atoms with van der Waals surface area (Å²) in [5, 5.41) is 0.721. The summed E-state index contributed by atoms with van der Waals surface area (Å²) in [6.07, 6.45) is 7.39. The molecule has 3 heterocycles. The number of sulfonamides is 1. The van der Waals surface area contributed by atoms with Gasteiger partial charge in [-0.05, 0) is 118 Å². The molecule has 0 unspecified atom stereocenters. The number of nitrogens with one attached hydrogen (secondary N) is 1. The molecular weight excluding hydrogens is 638 g/mol. The summed E-state index contributed by atoms with van der Waals surface area (Å²) < 4.78 is 47.9. The van der Waals surface area contributed by atoms with Crippen molar-refractivity contribution in [2.24, 2.45) is 23.7 Å². The smallest absolute Gasteiger partial charge is 0.264 e. The van der Waals surface area contributed by atoms with E-state index in [0.29, 0.717) is 43.0 Å². The number of benzene rings is 2. The highest BCUT2D eigenvalue weighted by atomic mass is 35.5. The van der Waals surface area contributed by atoms with Gasteiger partial charge in [-0.1, -0.05) is 31.0 Å². The van der Waals surface area contributed by atoms with Crippen LogP contribution in [0.4, 0.5) is 5.69 Å². The van der Waals surface area contributed by atoms with Crippen molar-refractivity contribution in [1.82, 2.24) is 9.62 Å². The van der Waals surface area contributed by atoms with Gasteiger partial charge in [-0.15, -0.1) is 0 Å². The number of carbonyl (C=O) groups is 1. The van der Waals surface area contributed by atoms with Gasteiger partial charge in [0.2, 0.25) is 10.0 Å². The van der Waals surface area contributed by atoms with Gasteiger partial charge in [0, 0.05) is 29.6 Å². The predicted octanol–water partition coefficient (Wildman–Crippen LogP) is 5.89. The van der Waals surface area contributed by atoms with Crippen LogP contribution < -0.4 is 14.4 Å². The maximum absolute atomic E-state index is 13.4. The number of halogens is 1. The van der Waals surface area contributed by atoms with Crippen molar-refractivity contribution in [3.05, 3.63) is 58.1 Å². The van der Waals surface area contributed by atoms with E-state index in [1.54, 1.807) is 6.07 Å². The van der Waals surface area contributed by atoms with E-state index in [-0.39, 0.29) is 29.9 Å². The Kier molecular flexibility index (Phi) is 11.0. The van der Waals surface area contributed by atoms with Gasteiger partial charge in [-0.25, -0.2) is 13.1 Å². The molecule has 0 radical (unpaired) electrons. The van der Waals surface area contributed by atoms with Crippen LogP contribution in [0.5, 0.6) is 5.75 Å². The topological polar surface area (TPSA) is 97.4 Å². The van der Waals surface area contributed by atoms with Crippen LogP contribution in [-0.2, 0) is 32.5 Å². The Labute approximate surface area is 285 Å². The van der Waals surface area contributed by atoms with E-state index in [1.165, 1.54) is 5.56 Å². The van der Waals surface area contributed by atoms with Crippen molar-refractivity contribution in [3.8, 4) is 5.75 Å². The molecule has 0 spiro atoms. The van der Waals surface area contributed by atoms with E-state index >= 15 is 0 Å². The van der Waals surface area contributed by atoms with Crippen LogP contribution in [0.25, 0.3) is 0 Å². The number of hydrogen-bond acceptors (Lipinski definition) is 8. The average Bonchev–Trinajstić information content (AvgIpc) is 3.04. The molecule has 1 N–H and O–H groups in total. The molecular formula is C36H50ClN3O6S. The molecule has 1 saturated carbocycles. The van der Waals surface area contributed by atoms with Gasteiger partial charge in [-0.3, -0.25) is 4.79 Å². The Morgan fingerprint density at radius 1 is 0.936 bits per heavy atom. The van der Waals surface area contributed by atoms with Gasteiger partial charge in [0.05, 0.1) is 30.7 Å².